The van der Waals surface area contributed by atoms with E-state index in [1.54, 1.807) is 0 Å². The number of ether oxygens (including phenoxy) is 2. The first-order valence-corrected chi connectivity index (χ1v) is 8.13. The minimum absolute atomic E-state index is 0.0310. The van der Waals surface area contributed by atoms with E-state index in [1.807, 2.05) is 30.3 Å². The second-order valence-corrected chi connectivity index (χ2v) is 5.64. The molecule has 0 aliphatic heterocycles. The van der Waals surface area contributed by atoms with Gasteiger partial charge < -0.3 is 20.1 Å². The molecule has 0 heterocycles. The highest BCUT2D eigenvalue weighted by molar-refractivity contribution is 5.90. The number of methoxy groups -OCH3 is 2. The molecule has 0 unspecified atom stereocenters. The quantitative estimate of drug-likeness (QED) is 0.612. The average molecular weight is 364 g/mol. The van der Waals surface area contributed by atoms with Gasteiger partial charge in [0.05, 0.1) is 14.2 Å². The van der Waals surface area contributed by atoms with Crippen LogP contribution < -0.4 is 10.6 Å². The van der Waals surface area contributed by atoms with E-state index >= 15 is 0 Å². The maximum atomic E-state index is 12.6. The molecule has 0 bridgehead atoms. The molecule has 0 spiro atoms. The van der Waals surface area contributed by atoms with Gasteiger partial charge in [0.25, 0.3) is 0 Å². The second-order valence-electron chi connectivity index (χ2n) is 5.64. The van der Waals surface area contributed by atoms with E-state index in [0.717, 1.165) is 5.56 Å². The molecule has 1 rings (SSSR count). The summed E-state index contributed by atoms with van der Waals surface area (Å²) in [5.74, 6) is -2.09. The number of hydrogen-bond donors (Lipinski definition) is 2. The van der Waals surface area contributed by atoms with Crippen molar-refractivity contribution in [1.82, 2.24) is 10.6 Å². The molecule has 2 amide bonds. The summed E-state index contributed by atoms with van der Waals surface area (Å²) in [6.07, 6.45) is 0.237. The standard InChI is InChI=1S/C18H24N2O6/c1-12(21)19-15(11-13-7-5-4-6-8-13)17(23)20-14(18(24)26-3)9-10-16(22)25-2/h4-8,14-15H,9-11H2,1-3H3,(H,19,21)(H,20,23)/t14-,15+/m1/s1. The molecule has 0 fully saturated rings. The monoisotopic (exact) mass is 364 g/mol. The molecule has 2 atom stereocenters. The van der Waals surface area contributed by atoms with Crippen molar-refractivity contribution in [2.45, 2.75) is 38.3 Å². The molecule has 1 aromatic rings. The van der Waals surface area contributed by atoms with Gasteiger partial charge in [0.1, 0.15) is 12.1 Å². The van der Waals surface area contributed by atoms with Crippen LogP contribution in [0.15, 0.2) is 30.3 Å². The predicted octanol–water partition coefficient (Wildman–Crippen LogP) is 0.345. The number of hydrogen-bond acceptors (Lipinski definition) is 6. The van der Waals surface area contributed by atoms with Gasteiger partial charge in [-0.1, -0.05) is 30.3 Å². The first kappa shape index (κ1) is 21.1. The van der Waals surface area contributed by atoms with Crippen molar-refractivity contribution >= 4 is 23.8 Å². The highest BCUT2D eigenvalue weighted by Crippen LogP contribution is 2.06. The highest BCUT2D eigenvalue weighted by atomic mass is 16.5. The highest BCUT2D eigenvalue weighted by Gasteiger charge is 2.27. The number of carbonyl (C=O) groups excluding carboxylic acids is 4. The molecule has 0 saturated heterocycles. The van der Waals surface area contributed by atoms with Gasteiger partial charge in [-0.25, -0.2) is 4.79 Å². The van der Waals surface area contributed by atoms with Crippen LogP contribution in [0.4, 0.5) is 0 Å². The predicted molar refractivity (Wildman–Crippen MR) is 92.9 cm³/mol. The smallest absolute Gasteiger partial charge is 0.328 e. The van der Waals surface area contributed by atoms with E-state index in [0.29, 0.717) is 0 Å². The molecular weight excluding hydrogens is 340 g/mol. The Morgan fingerprint density at radius 1 is 0.962 bits per heavy atom. The van der Waals surface area contributed by atoms with Crippen LogP contribution in [-0.2, 0) is 35.1 Å². The summed E-state index contributed by atoms with van der Waals surface area (Å²) in [5.41, 5.74) is 0.852. The third kappa shape index (κ3) is 7.33. The summed E-state index contributed by atoms with van der Waals surface area (Å²) in [4.78, 5) is 47.2. The Bertz CT molecular complexity index is 632. The second kappa shape index (κ2) is 10.9. The fourth-order valence-electron chi connectivity index (χ4n) is 2.33. The van der Waals surface area contributed by atoms with Gasteiger partial charge >= 0.3 is 11.9 Å². The first-order valence-electron chi connectivity index (χ1n) is 8.13. The lowest BCUT2D eigenvalue weighted by Crippen LogP contribution is -2.52. The normalized spacial score (nSPS) is 12.4. The zero-order valence-electron chi connectivity index (χ0n) is 15.1. The molecule has 0 aliphatic carbocycles. The number of rotatable bonds is 9. The van der Waals surface area contributed by atoms with Crippen LogP contribution in [0.2, 0.25) is 0 Å². The van der Waals surface area contributed by atoms with E-state index in [4.69, 9.17) is 0 Å². The van der Waals surface area contributed by atoms with Crippen molar-refractivity contribution in [3.8, 4) is 0 Å². The Balaban J connectivity index is 2.83. The van der Waals surface area contributed by atoms with Crippen LogP contribution >= 0.6 is 0 Å². The van der Waals surface area contributed by atoms with Crippen molar-refractivity contribution in [3.05, 3.63) is 35.9 Å². The van der Waals surface area contributed by atoms with E-state index in [9.17, 15) is 19.2 Å². The summed E-state index contributed by atoms with van der Waals surface area (Å²) < 4.78 is 9.20. The third-order valence-electron chi connectivity index (χ3n) is 3.64. The Hall–Kier alpha value is -2.90. The lowest BCUT2D eigenvalue weighted by Gasteiger charge is -2.21. The van der Waals surface area contributed by atoms with Gasteiger partial charge in [-0.05, 0) is 12.0 Å². The number of carbonyl (C=O) groups is 4. The molecule has 2 N–H and O–H groups in total. The number of benzene rings is 1. The molecule has 0 radical (unpaired) electrons. The Morgan fingerprint density at radius 2 is 1.62 bits per heavy atom. The zero-order valence-corrected chi connectivity index (χ0v) is 15.1. The largest absolute Gasteiger partial charge is 0.469 e. The van der Waals surface area contributed by atoms with E-state index < -0.39 is 29.9 Å². The average Bonchev–Trinajstić information content (AvgIpc) is 2.63. The zero-order chi connectivity index (χ0) is 19.5. The first-order chi connectivity index (χ1) is 12.4. The summed E-state index contributed by atoms with van der Waals surface area (Å²) in [6, 6.07) is 7.28. The van der Waals surface area contributed by atoms with Crippen LogP contribution in [-0.4, -0.2) is 50.1 Å². The molecule has 26 heavy (non-hydrogen) atoms. The van der Waals surface area contributed by atoms with Gasteiger partial charge in [-0.3, -0.25) is 14.4 Å². The summed E-state index contributed by atoms with van der Waals surface area (Å²) >= 11 is 0. The maximum absolute atomic E-state index is 12.6. The molecule has 8 heteroatoms. The summed E-state index contributed by atoms with van der Waals surface area (Å²) in [6.45, 7) is 1.31. The number of amides is 2. The van der Waals surface area contributed by atoms with Gasteiger partial charge in [-0.15, -0.1) is 0 Å². The Morgan fingerprint density at radius 3 is 2.15 bits per heavy atom. The van der Waals surface area contributed by atoms with Crippen LogP contribution in [0.1, 0.15) is 25.3 Å². The topological polar surface area (TPSA) is 111 Å². The number of nitrogens with one attached hydrogen (secondary N) is 2. The fourth-order valence-corrected chi connectivity index (χ4v) is 2.33. The van der Waals surface area contributed by atoms with Crippen molar-refractivity contribution in [2.75, 3.05) is 14.2 Å². The maximum Gasteiger partial charge on any atom is 0.328 e. The minimum atomic E-state index is -1.02. The molecular formula is C18H24N2O6. The molecule has 0 aromatic heterocycles. The lowest BCUT2D eigenvalue weighted by atomic mass is 10.0. The van der Waals surface area contributed by atoms with Gasteiger partial charge in [-0.2, -0.15) is 0 Å². The molecule has 1 aromatic carbocycles. The van der Waals surface area contributed by atoms with Crippen molar-refractivity contribution in [1.29, 1.82) is 0 Å². The van der Waals surface area contributed by atoms with E-state index in [-0.39, 0.29) is 25.2 Å². The van der Waals surface area contributed by atoms with Crippen LogP contribution in [0.3, 0.4) is 0 Å². The van der Waals surface area contributed by atoms with Crippen LogP contribution in [0.5, 0.6) is 0 Å². The Labute approximate surface area is 152 Å². The molecule has 8 nitrogen and oxygen atoms in total. The van der Waals surface area contributed by atoms with Crippen molar-refractivity contribution in [2.24, 2.45) is 0 Å². The molecule has 0 saturated carbocycles. The Kier molecular flexibility index (Phi) is 8.83. The van der Waals surface area contributed by atoms with Crippen LogP contribution in [0, 0.1) is 0 Å². The molecule has 142 valence electrons. The summed E-state index contributed by atoms with van der Waals surface area (Å²) in [5, 5.41) is 5.11. The van der Waals surface area contributed by atoms with Crippen LogP contribution in [0.25, 0.3) is 0 Å². The van der Waals surface area contributed by atoms with E-state index in [1.165, 1.54) is 21.1 Å². The van der Waals surface area contributed by atoms with Gasteiger partial charge in [0.15, 0.2) is 0 Å². The van der Waals surface area contributed by atoms with Crippen molar-refractivity contribution in [3.63, 3.8) is 0 Å². The third-order valence-corrected chi connectivity index (χ3v) is 3.64. The SMILES string of the molecule is COC(=O)CC[C@@H](NC(=O)[C@H](Cc1ccccc1)NC(C)=O)C(=O)OC. The lowest BCUT2D eigenvalue weighted by molar-refractivity contribution is -0.146. The number of esters is 2. The van der Waals surface area contributed by atoms with Crippen molar-refractivity contribution < 1.29 is 28.7 Å². The summed E-state index contributed by atoms with van der Waals surface area (Å²) in [7, 11) is 2.43. The van der Waals surface area contributed by atoms with Gasteiger partial charge in [0.2, 0.25) is 11.8 Å². The fraction of sp³-hybridized carbons (Fsp3) is 0.444. The van der Waals surface area contributed by atoms with Gasteiger partial charge in [0, 0.05) is 19.8 Å². The van der Waals surface area contributed by atoms with E-state index in [2.05, 4.69) is 20.1 Å². The minimum Gasteiger partial charge on any atom is -0.469 e. The molecule has 0 aliphatic rings.